The molecule has 1 heterocycles. The maximum atomic E-state index is 12.5. The molecule has 28 heavy (non-hydrogen) atoms. The third kappa shape index (κ3) is 5.64. The molecule has 7 heteroatoms. The van der Waals surface area contributed by atoms with Crippen LogP contribution in [0.3, 0.4) is 0 Å². The summed E-state index contributed by atoms with van der Waals surface area (Å²) in [5.41, 5.74) is 0.695. The minimum absolute atomic E-state index is 0.0526. The highest BCUT2D eigenvalue weighted by molar-refractivity contribution is 7.90. The molecule has 1 saturated carbocycles. The normalized spacial score (nSPS) is 24.1. The third-order valence-electron chi connectivity index (χ3n) is 5.95. The Kier molecular flexibility index (Phi) is 6.88. The smallest absolute Gasteiger partial charge is 0.239 e. The molecule has 2 fully saturated rings. The van der Waals surface area contributed by atoms with Crippen molar-refractivity contribution in [1.29, 1.82) is 0 Å². The Morgan fingerprint density at radius 2 is 1.61 bits per heavy atom. The average Bonchev–Trinajstić information content (AvgIpc) is 2.69. The summed E-state index contributed by atoms with van der Waals surface area (Å²) in [6.45, 7) is 3.04. The van der Waals surface area contributed by atoms with Gasteiger partial charge in [0.2, 0.25) is 15.9 Å². The summed E-state index contributed by atoms with van der Waals surface area (Å²) in [4.78, 5) is 26.6. The molecule has 0 unspecified atom stereocenters. The highest BCUT2D eigenvalue weighted by Crippen LogP contribution is 2.24. The number of carbonyl (C=O) groups is 2. The molecule has 1 saturated heterocycles. The first-order valence-electron chi connectivity index (χ1n) is 10.2. The zero-order valence-electron chi connectivity index (χ0n) is 16.5. The van der Waals surface area contributed by atoms with Crippen molar-refractivity contribution in [1.82, 2.24) is 9.62 Å². The predicted octanol–water partition coefficient (Wildman–Crippen LogP) is 2.61. The standard InChI is InChI=1S/C21H30N2O4S/c1-16-7-9-19(10-8-16)22-28(26,27)15-20(24)23-13-11-18(12-14-23)21(25)17-5-3-2-4-6-17/h2-6,16,18-19,22H,7-15H2,1H3. The Labute approximate surface area is 167 Å². The number of ketones is 1. The third-order valence-corrected chi connectivity index (χ3v) is 7.27. The summed E-state index contributed by atoms with van der Waals surface area (Å²) in [5.74, 6) is -0.236. The molecular formula is C21H30N2O4S. The van der Waals surface area contributed by atoms with Gasteiger partial charge in [0.15, 0.2) is 5.78 Å². The molecule has 0 bridgehead atoms. The van der Waals surface area contributed by atoms with E-state index in [0.717, 1.165) is 25.7 Å². The number of sulfonamides is 1. The van der Waals surface area contributed by atoms with Gasteiger partial charge in [0.05, 0.1) is 0 Å². The number of nitrogens with one attached hydrogen (secondary N) is 1. The Hall–Kier alpha value is -1.73. The number of piperidine rings is 1. The summed E-state index contributed by atoms with van der Waals surface area (Å²) in [6.07, 6.45) is 4.86. The number of carbonyl (C=O) groups excluding carboxylic acids is 2. The van der Waals surface area contributed by atoms with E-state index in [9.17, 15) is 18.0 Å². The van der Waals surface area contributed by atoms with E-state index in [1.807, 2.05) is 30.3 Å². The first-order valence-corrected chi connectivity index (χ1v) is 11.9. The quantitative estimate of drug-likeness (QED) is 0.736. The van der Waals surface area contributed by atoms with Crippen LogP contribution in [0.25, 0.3) is 0 Å². The van der Waals surface area contributed by atoms with E-state index < -0.39 is 15.8 Å². The van der Waals surface area contributed by atoms with Crippen LogP contribution in [0.2, 0.25) is 0 Å². The molecule has 1 aromatic carbocycles. The van der Waals surface area contributed by atoms with Crippen LogP contribution in [0.5, 0.6) is 0 Å². The van der Waals surface area contributed by atoms with E-state index >= 15 is 0 Å². The van der Waals surface area contributed by atoms with E-state index in [2.05, 4.69) is 11.6 Å². The molecule has 0 spiro atoms. The maximum Gasteiger partial charge on any atom is 0.239 e. The Morgan fingerprint density at radius 1 is 1.00 bits per heavy atom. The van der Waals surface area contributed by atoms with Crippen molar-refractivity contribution in [3.05, 3.63) is 35.9 Å². The molecule has 6 nitrogen and oxygen atoms in total. The molecule has 3 rings (SSSR count). The molecule has 0 aromatic heterocycles. The van der Waals surface area contributed by atoms with Crippen LogP contribution < -0.4 is 4.72 Å². The van der Waals surface area contributed by atoms with Crippen LogP contribution in [0, 0.1) is 11.8 Å². The summed E-state index contributed by atoms with van der Waals surface area (Å²) < 4.78 is 27.5. The second-order valence-electron chi connectivity index (χ2n) is 8.22. The summed E-state index contributed by atoms with van der Waals surface area (Å²) >= 11 is 0. The Balaban J connectivity index is 1.47. The van der Waals surface area contributed by atoms with Gasteiger partial charge >= 0.3 is 0 Å². The predicted molar refractivity (Wildman–Crippen MR) is 108 cm³/mol. The van der Waals surface area contributed by atoms with E-state index in [-0.39, 0.29) is 23.7 Å². The average molecular weight is 407 g/mol. The number of hydrogen-bond acceptors (Lipinski definition) is 4. The van der Waals surface area contributed by atoms with E-state index in [1.165, 1.54) is 0 Å². The largest absolute Gasteiger partial charge is 0.342 e. The molecule has 1 amide bonds. The van der Waals surface area contributed by atoms with Gasteiger partial charge in [0.1, 0.15) is 5.75 Å². The lowest BCUT2D eigenvalue weighted by molar-refractivity contribution is -0.129. The minimum Gasteiger partial charge on any atom is -0.342 e. The van der Waals surface area contributed by atoms with Crippen molar-refractivity contribution in [2.24, 2.45) is 11.8 Å². The van der Waals surface area contributed by atoms with Gasteiger partial charge in [0.25, 0.3) is 0 Å². The van der Waals surface area contributed by atoms with Gasteiger partial charge in [-0.3, -0.25) is 9.59 Å². The number of benzene rings is 1. The number of rotatable bonds is 6. The van der Waals surface area contributed by atoms with Gasteiger partial charge in [-0.1, -0.05) is 37.3 Å². The van der Waals surface area contributed by atoms with Crippen molar-refractivity contribution < 1.29 is 18.0 Å². The van der Waals surface area contributed by atoms with Gasteiger partial charge in [-0.15, -0.1) is 0 Å². The highest BCUT2D eigenvalue weighted by Gasteiger charge is 2.31. The summed E-state index contributed by atoms with van der Waals surface area (Å²) in [7, 11) is -3.63. The van der Waals surface area contributed by atoms with Crippen molar-refractivity contribution in [3.8, 4) is 0 Å². The van der Waals surface area contributed by atoms with Crippen LogP contribution in [-0.4, -0.2) is 49.9 Å². The number of hydrogen-bond donors (Lipinski definition) is 1. The molecule has 154 valence electrons. The number of Topliss-reactive ketones (excluding diaryl/α,β-unsaturated/α-hetero) is 1. The van der Waals surface area contributed by atoms with Crippen molar-refractivity contribution >= 4 is 21.7 Å². The molecule has 1 aliphatic carbocycles. The van der Waals surface area contributed by atoms with Crippen LogP contribution >= 0.6 is 0 Å². The van der Waals surface area contributed by atoms with Crippen LogP contribution in [-0.2, 0) is 14.8 Å². The van der Waals surface area contributed by atoms with Gasteiger partial charge in [-0.05, 0) is 44.4 Å². The molecule has 1 aromatic rings. The van der Waals surface area contributed by atoms with Gasteiger partial charge < -0.3 is 4.90 Å². The molecule has 0 radical (unpaired) electrons. The molecule has 2 aliphatic rings. The van der Waals surface area contributed by atoms with Crippen LogP contribution in [0.4, 0.5) is 0 Å². The van der Waals surface area contributed by atoms with E-state index in [4.69, 9.17) is 0 Å². The Bertz CT molecular complexity index is 778. The first-order chi connectivity index (χ1) is 13.3. The second-order valence-corrected chi connectivity index (χ2v) is 9.97. The Morgan fingerprint density at radius 3 is 2.21 bits per heavy atom. The molecular weight excluding hydrogens is 376 g/mol. The molecule has 1 aliphatic heterocycles. The zero-order valence-corrected chi connectivity index (χ0v) is 17.3. The minimum atomic E-state index is -3.63. The van der Waals surface area contributed by atoms with E-state index in [1.54, 1.807) is 4.90 Å². The number of amides is 1. The number of nitrogens with zero attached hydrogens (tertiary/aromatic N) is 1. The maximum absolute atomic E-state index is 12.5. The topological polar surface area (TPSA) is 83.6 Å². The van der Waals surface area contributed by atoms with E-state index in [0.29, 0.717) is 37.4 Å². The molecule has 1 N–H and O–H groups in total. The summed E-state index contributed by atoms with van der Waals surface area (Å²) in [5, 5.41) is 0. The van der Waals surface area contributed by atoms with Gasteiger partial charge in [0, 0.05) is 30.6 Å². The lowest BCUT2D eigenvalue weighted by Crippen LogP contribution is -2.46. The summed E-state index contributed by atoms with van der Waals surface area (Å²) in [6, 6.07) is 9.13. The fourth-order valence-corrected chi connectivity index (χ4v) is 5.49. The van der Waals surface area contributed by atoms with Gasteiger partial charge in [-0.2, -0.15) is 0 Å². The van der Waals surface area contributed by atoms with Crippen molar-refractivity contribution in [2.45, 2.75) is 51.5 Å². The second kappa shape index (κ2) is 9.18. The van der Waals surface area contributed by atoms with Crippen LogP contribution in [0.15, 0.2) is 30.3 Å². The molecule has 0 atom stereocenters. The van der Waals surface area contributed by atoms with Crippen LogP contribution in [0.1, 0.15) is 55.8 Å². The SMILES string of the molecule is CC1CCC(NS(=O)(=O)CC(=O)N2CCC(C(=O)c3ccccc3)CC2)CC1. The highest BCUT2D eigenvalue weighted by atomic mass is 32.2. The zero-order chi connectivity index (χ0) is 20.1. The van der Waals surface area contributed by atoms with Crippen molar-refractivity contribution in [2.75, 3.05) is 18.8 Å². The monoisotopic (exact) mass is 406 g/mol. The first kappa shape index (κ1) is 21.0. The van der Waals surface area contributed by atoms with Gasteiger partial charge in [-0.25, -0.2) is 13.1 Å². The number of likely N-dealkylation sites (tertiary alicyclic amines) is 1. The van der Waals surface area contributed by atoms with Crippen molar-refractivity contribution in [3.63, 3.8) is 0 Å². The fourth-order valence-electron chi connectivity index (χ4n) is 4.16. The lowest BCUT2D eigenvalue weighted by Gasteiger charge is -2.32. The fraction of sp³-hybridized carbons (Fsp3) is 0.619. The lowest BCUT2D eigenvalue weighted by atomic mass is 9.88.